The van der Waals surface area contributed by atoms with E-state index in [9.17, 15) is 9.59 Å². The molecule has 136 valence electrons. The molecule has 0 radical (unpaired) electrons. The van der Waals surface area contributed by atoms with Crippen molar-refractivity contribution in [1.82, 2.24) is 0 Å². The van der Waals surface area contributed by atoms with Gasteiger partial charge in [-0.2, -0.15) is 0 Å². The standard InChI is InChI=1S/C20H21NO5/c1-20(2)11-16(22)14-9-12(5-7-17(14)26-20)19(23)21-15-10-13(24-3)6-8-18(15)25-4/h5-10H,11H2,1-4H3,(H,21,23). The summed E-state index contributed by atoms with van der Waals surface area (Å²) in [7, 11) is 3.07. The molecule has 0 aliphatic carbocycles. The number of carbonyl (C=O) groups excluding carboxylic acids is 2. The maximum atomic E-state index is 12.6. The van der Waals surface area contributed by atoms with Crippen molar-refractivity contribution in [2.24, 2.45) is 0 Å². The predicted molar refractivity (Wildman–Crippen MR) is 97.6 cm³/mol. The summed E-state index contributed by atoms with van der Waals surface area (Å²) in [5, 5.41) is 2.79. The minimum Gasteiger partial charge on any atom is -0.497 e. The van der Waals surface area contributed by atoms with E-state index in [1.165, 1.54) is 7.11 Å². The lowest BCUT2D eigenvalue weighted by molar-refractivity contribution is 0.0620. The van der Waals surface area contributed by atoms with Gasteiger partial charge in [0.05, 0.1) is 31.9 Å². The summed E-state index contributed by atoms with van der Waals surface area (Å²) in [5.74, 6) is 1.22. The number of nitrogens with one attached hydrogen (secondary N) is 1. The first-order chi connectivity index (χ1) is 12.3. The number of ketones is 1. The highest BCUT2D eigenvalue weighted by Crippen LogP contribution is 2.34. The first kappa shape index (κ1) is 17.8. The third kappa shape index (κ3) is 3.49. The number of rotatable bonds is 4. The molecule has 0 saturated carbocycles. The SMILES string of the molecule is COc1ccc(OC)c(NC(=O)c2ccc3c(c2)C(=O)CC(C)(C)O3)c1. The van der Waals surface area contributed by atoms with E-state index < -0.39 is 5.60 Å². The Bertz CT molecular complexity index is 873. The van der Waals surface area contributed by atoms with E-state index in [4.69, 9.17) is 14.2 Å². The molecule has 1 amide bonds. The molecule has 0 fully saturated rings. The Morgan fingerprint density at radius 3 is 2.58 bits per heavy atom. The van der Waals surface area contributed by atoms with Crippen LogP contribution < -0.4 is 19.5 Å². The maximum Gasteiger partial charge on any atom is 0.255 e. The summed E-state index contributed by atoms with van der Waals surface area (Å²) in [5.41, 5.74) is 0.736. The number of carbonyl (C=O) groups is 2. The van der Waals surface area contributed by atoms with Crippen LogP contribution in [0, 0.1) is 0 Å². The van der Waals surface area contributed by atoms with Crippen molar-refractivity contribution in [2.75, 3.05) is 19.5 Å². The van der Waals surface area contributed by atoms with E-state index >= 15 is 0 Å². The molecule has 0 unspecified atom stereocenters. The number of amides is 1. The van der Waals surface area contributed by atoms with Gasteiger partial charge in [-0.1, -0.05) is 0 Å². The molecule has 0 bridgehead atoms. The van der Waals surface area contributed by atoms with E-state index in [1.54, 1.807) is 43.5 Å². The number of hydrogen-bond acceptors (Lipinski definition) is 5. The molecule has 3 rings (SSSR count). The lowest BCUT2D eigenvalue weighted by atomic mass is 9.92. The lowest BCUT2D eigenvalue weighted by Gasteiger charge is -2.31. The van der Waals surface area contributed by atoms with Gasteiger partial charge in [0.25, 0.3) is 5.91 Å². The number of benzene rings is 2. The monoisotopic (exact) mass is 355 g/mol. The Kier molecular flexibility index (Phi) is 4.59. The number of anilines is 1. The van der Waals surface area contributed by atoms with E-state index in [0.29, 0.717) is 34.1 Å². The summed E-state index contributed by atoms with van der Waals surface area (Å²) in [6.45, 7) is 3.73. The summed E-state index contributed by atoms with van der Waals surface area (Å²) in [6, 6.07) is 9.98. The quantitative estimate of drug-likeness (QED) is 0.905. The van der Waals surface area contributed by atoms with Gasteiger partial charge in [-0.3, -0.25) is 9.59 Å². The molecule has 2 aromatic rings. The Hall–Kier alpha value is -3.02. The van der Waals surface area contributed by atoms with Gasteiger partial charge in [-0.15, -0.1) is 0 Å². The van der Waals surface area contributed by atoms with Gasteiger partial charge in [0.1, 0.15) is 22.8 Å². The molecule has 1 heterocycles. The molecule has 0 spiro atoms. The molecule has 1 N–H and O–H groups in total. The van der Waals surface area contributed by atoms with Gasteiger partial charge >= 0.3 is 0 Å². The number of hydrogen-bond donors (Lipinski definition) is 1. The molecule has 6 nitrogen and oxygen atoms in total. The van der Waals surface area contributed by atoms with Crippen LogP contribution in [0.25, 0.3) is 0 Å². The Balaban J connectivity index is 1.88. The average molecular weight is 355 g/mol. The third-order valence-electron chi connectivity index (χ3n) is 4.17. The molecular formula is C20H21NO5. The molecule has 26 heavy (non-hydrogen) atoms. The van der Waals surface area contributed by atoms with Crippen molar-refractivity contribution < 1.29 is 23.8 Å². The second kappa shape index (κ2) is 6.71. The van der Waals surface area contributed by atoms with Gasteiger partial charge in [0, 0.05) is 11.6 Å². The predicted octanol–water partition coefficient (Wildman–Crippen LogP) is 3.70. The van der Waals surface area contributed by atoms with Crippen molar-refractivity contribution in [2.45, 2.75) is 25.9 Å². The fraction of sp³-hybridized carbons (Fsp3) is 0.300. The largest absolute Gasteiger partial charge is 0.497 e. The minimum absolute atomic E-state index is 0.0372. The van der Waals surface area contributed by atoms with Crippen LogP contribution in [-0.2, 0) is 0 Å². The summed E-state index contributed by atoms with van der Waals surface area (Å²) in [6.07, 6.45) is 0.273. The maximum absolute atomic E-state index is 12.6. The minimum atomic E-state index is -0.540. The second-order valence-electron chi connectivity index (χ2n) is 6.69. The van der Waals surface area contributed by atoms with Gasteiger partial charge in [0.15, 0.2) is 5.78 Å². The first-order valence-electron chi connectivity index (χ1n) is 8.22. The number of ether oxygens (including phenoxy) is 3. The summed E-state index contributed by atoms with van der Waals surface area (Å²) >= 11 is 0. The smallest absolute Gasteiger partial charge is 0.255 e. The Labute approximate surface area is 152 Å². The molecule has 1 aliphatic heterocycles. The van der Waals surface area contributed by atoms with Crippen LogP contribution in [0.2, 0.25) is 0 Å². The van der Waals surface area contributed by atoms with Gasteiger partial charge < -0.3 is 19.5 Å². The number of Topliss-reactive ketones (excluding diaryl/α,β-unsaturated/α-hetero) is 1. The number of methoxy groups -OCH3 is 2. The van der Waals surface area contributed by atoms with Gasteiger partial charge in [-0.05, 0) is 44.2 Å². The molecule has 0 atom stereocenters. The van der Waals surface area contributed by atoms with E-state index in [0.717, 1.165) is 0 Å². The normalized spacial score (nSPS) is 14.8. The third-order valence-corrected chi connectivity index (χ3v) is 4.17. The molecule has 6 heteroatoms. The zero-order valence-electron chi connectivity index (χ0n) is 15.2. The van der Waals surface area contributed by atoms with Crippen molar-refractivity contribution in [1.29, 1.82) is 0 Å². The summed E-state index contributed by atoms with van der Waals surface area (Å²) < 4.78 is 16.3. The van der Waals surface area contributed by atoms with Crippen LogP contribution in [0.3, 0.4) is 0 Å². The second-order valence-corrected chi connectivity index (χ2v) is 6.69. The van der Waals surface area contributed by atoms with Crippen LogP contribution in [0.1, 0.15) is 41.0 Å². The highest BCUT2D eigenvalue weighted by molar-refractivity contribution is 6.08. The fourth-order valence-corrected chi connectivity index (χ4v) is 2.90. The topological polar surface area (TPSA) is 73.9 Å². The zero-order chi connectivity index (χ0) is 18.9. The molecule has 2 aromatic carbocycles. The van der Waals surface area contributed by atoms with Gasteiger partial charge in [-0.25, -0.2) is 0 Å². The summed E-state index contributed by atoms with van der Waals surface area (Å²) in [4.78, 5) is 25.0. The Morgan fingerprint density at radius 1 is 1.12 bits per heavy atom. The van der Waals surface area contributed by atoms with Crippen LogP contribution >= 0.6 is 0 Å². The Morgan fingerprint density at radius 2 is 1.88 bits per heavy atom. The van der Waals surface area contributed by atoms with Crippen molar-refractivity contribution >= 4 is 17.4 Å². The molecule has 1 aliphatic rings. The van der Waals surface area contributed by atoms with Crippen LogP contribution in [-0.4, -0.2) is 31.5 Å². The molecule has 0 aromatic heterocycles. The highest BCUT2D eigenvalue weighted by atomic mass is 16.5. The van der Waals surface area contributed by atoms with E-state index in [1.807, 2.05) is 13.8 Å². The van der Waals surface area contributed by atoms with Crippen LogP contribution in [0.4, 0.5) is 5.69 Å². The number of fused-ring (bicyclic) bond motifs is 1. The van der Waals surface area contributed by atoms with E-state index in [2.05, 4.69) is 5.32 Å². The van der Waals surface area contributed by atoms with Gasteiger partial charge in [0.2, 0.25) is 0 Å². The zero-order valence-corrected chi connectivity index (χ0v) is 15.2. The molecular weight excluding hydrogens is 334 g/mol. The lowest BCUT2D eigenvalue weighted by Crippen LogP contribution is -2.36. The molecule has 0 saturated heterocycles. The average Bonchev–Trinajstić information content (AvgIpc) is 2.60. The van der Waals surface area contributed by atoms with Crippen molar-refractivity contribution in [3.05, 3.63) is 47.5 Å². The van der Waals surface area contributed by atoms with E-state index in [-0.39, 0.29) is 18.1 Å². The van der Waals surface area contributed by atoms with Crippen molar-refractivity contribution in [3.63, 3.8) is 0 Å². The first-order valence-corrected chi connectivity index (χ1v) is 8.22. The fourth-order valence-electron chi connectivity index (χ4n) is 2.90. The van der Waals surface area contributed by atoms with Crippen LogP contribution in [0.15, 0.2) is 36.4 Å². The van der Waals surface area contributed by atoms with Crippen molar-refractivity contribution in [3.8, 4) is 17.2 Å². The highest BCUT2D eigenvalue weighted by Gasteiger charge is 2.32. The van der Waals surface area contributed by atoms with Crippen LogP contribution in [0.5, 0.6) is 17.2 Å².